The highest BCUT2D eigenvalue weighted by atomic mass is 19.4. The van der Waals surface area contributed by atoms with Gasteiger partial charge in [-0.25, -0.2) is 0 Å². The van der Waals surface area contributed by atoms with Crippen molar-refractivity contribution in [2.24, 2.45) is 0 Å². The normalized spacial score (nSPS) is 13.8. The number of hydrogen-bond donors (Lipinski definition) is 0. The van der Waals surface area contributed by atoms with Crippen LogP contribution in [0.25, 0.3) is 0 Å². The Labute approximate surface area is 129 Å². The van der Waals surface area contributed by atoms with E-state index in [1.54, 1.807) is 30.3 Å². The monoisotopic (exact) mass is 332 g/mol. The zero-order chi connectivity index (χ0) is 17.1. The Balaban J connectivity index is 2.25. The van der Waals surface area contributed by atoms with E-state index in [0.717, 1.165) is 18.2 Å². The largest absolute Gasteiger partial charge is 0.416 e. The summed E-state index contributed by atoms with van der Waals surface area (Å²) in [7, 11) is 0. The van der Waals surface area contributed by atoms with Gasteiger partial charge in [-0.2, -0.15) is 26.3 Å². The van der Waals surface area contributed by atoms with E-state index in [4.69, 9.17) is 0 Å². The smallest absolute Gasteiger partial charge is 0.170 e. The fourth-order valence-corrected chi connectivity index (χ4v) is 2.41. The molecule has 0 aromatic heterocycles. The minimum atomic E-state index is -4.66. The van der Waals surface area contributed by atoms with Gasteiger partial charge in [0.05, 0.1) is 11.5 Å². The van der Waals surface area contributed by atoms with Crippen LogP contribution < -0.4 is 0 Å². The van der Waals surface area contributed by atoms with Gasteiger partial charge >= 0.3 is 12.4 Å². The summed E-state index contributed by atoms with van der Waals surface area (Å²) < 4.78 is 77.9. The van der Waals surface area contributed by atoms with Crippen molar-refractivity contribution in [2.45, 2.75) is 31.1 Å². The van der Waals surface area contributed by atoms with Gasteiger partial charge in [0, 0.05) is 0 Å². The molecule has 0 aliphatic carbocycles. The number of rotatable bonds is 4. The molecule has 2 aromatic carbocycles. The van der Waals surface area contributed by atoms with Crippen molar-refractivity contribution >= 4 is 0 Å². The van der Waals surface area contributed by atoms with E-state index in [2.05, 4.69) is 0 Å². The van der Waals surface area contributed by atoms with Crippen LogP contribution in [-0.2, 0) is 12.6 Å². The van der Waals surface area contributed by atoms with Crippen molar-refractivity contribution in [3.63, 3.8) is 0 Å². The zero-order valence-electron chi connectivity index (χ0n) is 12.0. The van der Waals surface area contributed by atoms with Gasteiger partial charge in [0.25, 0.3) is 0 Å². The number of aryl methyl sites for hydroxylation is 1. The summed E-state index contributed by atoms with van der Waals surface area (Å²) >= 11 is 0. The van der Waals surface area contributed by atoms with E-state index in [1.165, 1.54) is 0 Å². The maximum Gasteiger partial charge on any atom is 0.416 e. The third-order valence-electron chi connectivity index (χ3n) is 3.58. The molecule has 0 radical (unpaired) electrons. The molecule has 2 aromatic rings. The van der Waals surface area contributed by atoms with E-state index in [-0.39, 0.29) is 18.4 Å². The number of hydrogen-bond acceptors (Lipinski definition) is 0. The van der Waals surface area contributed by atoms with Crippen LogP contribution in [0, 0.1) is 0 Å². The molecule has 0 aliphatic heterocycles. The van der Waals surface area contributed by atoms with E-state index in [1.807, 2.05) is 0 Å². The molecule has 0 saturated carbocycles. The Kier molecular flexibility index (Phi) is 5.02. The summed E-state index contributed by atoms with van der Waals surface area (Å²) in [5, 5.41) is 0. The SMILES string of the molecule is FC(F)(F)c1cccc([C@@H](CCc2ccccc2)C(F)(F)F)c1. The second-order valence-electron chi connectivity index (χ2n) is 5.24. The third kappa shape index (κ3) is 4.74. The first-order valence-electron chi connectivity index (χ1n) is 6.96. The summed E-state index contributed by atoms with van der Waals surface area (Å²) in [5.41, 5.74) is -0.707. The van der Waals surface area contributed by atoms with Crippen LogP contribution in [0.5, 0.6) is 0 Å². The van der Waals surface area contributed by atoms with Crippen molar-refractivity contribution < 1.29 is 26.3 Å². The molecule has 0 heterocycles. The Morgan fingerprint density at radius 2 is 1.43 bits per heavy atom. The molecule has 23 heavy (non-hydrogen) atoms. The standard InChI is InChI=1S/C17H14F6/c18-16(19,20)14-8-4-7-13(11-14)15(17(21,22)23)10-9-12-5-2-1-3-6-12/h1-8,11,15H,9-10H2/t15-/m1/s1. The number of halogens is 6. The highest BCUT2D eigenvalue weighted by molar-refractivity contribution is 5.29. The van der Waals surface area contributed by atoms with E-state index >= 15 is 0 Å². The van der Waals surface area contributed by atoms with Crippen LogP contribution in [0.2, 0.25) is 0 Å². The average Bonchev–Trinajstić information content (AvgIpc) is 2.46. The van der Waals surface area contributed by atoms with Crippen LogP contribution in [0.15, 0.2) is 54.6 Å². The lowest BCUT2D eigenvalue weighted by atomic mass is 9.90. The molecule has 0 N–H and O–H groups in total. The topological polar surface area (TPSA) is 0 Å². The average molecular weight is 332 g/mol. The van der Waals surface area contributed by atoms with E-state index in [0.29, 0.717) is 11.6 Å². The maximum absolute atomic E-state index is 13.3. The second kappa shape index (κ2) is 6.64. The summed E-state index contributed by atoms with van der Waals surface area (Å²) in [5.74, 6) is -1.93. The van der Waals surface area contributed by atoms with Crippen LogP contribution >= 0.6 is 0 Å². The quantitative estimate of drug-likeness (QED) is 0.604. The Bertz CT molecular complexity index is 628. The molecule has 0 saturated heterocycles. The predicted molar refractivity (Wildman–Crippen MR) is 75.0 cm³/mol. The lowest BCUT2D eigenvalue weighted by Gasteiger charge is -2.21. The van der Waals surface area contributed by atoms with Gasteiger partial charge in [-0.3, -0.25) is 0 Å². The molecule has 0 amide bonds. The van der Waals surface area contributed by atoms with Gasteiger partial charge in [0.15, 0.2) is 0 Å². The van der Waals surface area contributed by atoms with Gasteiger partial charge in [-0.15, -0.1) is 0 Å². The zero-order valence-corrected chi connectivity index (χ0v) is 12.0. The maximum atomic E-state index is 13.3. The Morgan fingerprint density at radius 3 is 2.00 bits per heavy atom. The number of benzene rings is 2. The molecule has 0 bridgehead atoms. The van der Waals surface area contributed by atoms with Crippen LogP contribution in [0.1, 0.15) is 29.0 Å². The summed E-state index contributed by atoms with van der Waals surface area (Å²) in [6.45, 7) is 0. The Hall–Kier alpha value is -1.98. The Morgan fingerprint density at radius 1 is 0.783 bits per heavy atom. The first kappa shape index (κ1) is 17.4. The third-order valence-corrected chi connectivity index (χ3v) is 3.58. The molecule has 0 aliphatic rings. The molecular weight excluding hydrogens is 318 g/mol. The van der Waals surface area contributed by atoms with Crippen molar-refractivity contribution in [1.82, 2.24) is 0 Å². The first-order chi connectivity index (χ1) is 10.7. The second-order valence-corrected chi connectivity index (χ2v) is 5.24. The van der Waals surface area contributed by atoms with Crippen molar-refractivity contribution in [3.8, 4) is 0 Å². The highest BCUT2D eigenvalue weighted by Gasteiger charge is 2.41. The van der Waals surface area contributed by atoms with Crippen molar-refractivity contribution in [1.29, 1.82) is 0 Å². The molecular formula is C17H14F6. The fraction of sp³-hybridized carbons (Fsp3) is 0.294. The summed E-state index contributed by atoms with van der Waals surface area (Å²) in [4.78, 5) is 0. The molecule has 1 atom stereocenters. The van der Waals surface area contributed by atoms with Gasteiger partial charge in [0.1, 0.15) is 0 Å². The predicted octanol–water partition coefficient (Wildman–Crippen LogP) is 5.98. The minimum absolute atomic E-state index is 0.140. The van der Waals surface area contributed by atoms with Crippen molar-refractivity contribution in [2.75, 3.05) is 0 Å². The van der Waals surface area contributed by atoms with E-state index in [9.17, 15) is 26.3 Å². The van der Waals surface area contributed by atoms with Crippen LogP contribution in [0.4, 0.5) is 26.3 Å². The van der Waals surface area contributed by atoms with E-state index < -0.39 is 23.8 Å². The lowest BCUT2D eigenvalue weighted by molar-refractivity contribution is -0.152. The minimum Gasteiger partial charge on any atom is -0.170 e. The first-order valence-corrected chi connectivity index (χ1v) is 6.96. The van der Waals surface area contributed by atoms with Gasteiger partial charge in [-0.1, -0.05) is 48.5 Å². The number of alkyl halides is 6. The molecule has 0 fully saturated rings. The summed E-state index contributed by atoms with van der Waals surface area (Å²) in [6, 6.07) is 12.0. The van der Waals surface area contributed by atoms with Crippen LogP contribution in [-0.4, -0.2) is 6.18 Å². The van der Waals surface area contributed by atoms with Gasteiger partial charge in [0.2, 0.25) is 0 Å². The van der Waals surface area contributed by atoms with Gasteiger partial charge in [-0.05, 0) is 30.0 Å². The van der Waals surface area contributed by atoms with Crippen molar-refractivity contribution in [3.05, 3.63) is 71.3 Å². The molecule has 6 heteroatoms. The molecule has 0 nitrogen and oxygen atoms in total. The molecule has 0 spiro atoms. The molecule has 2 rings (SSSR count). The molecule has 0 unspecified atom stereocenters. The highest BCUT2D eigenvalue weighted by Crippen LogP contribution is 2.40. The van der Waals surface area contributed by atoms with Crippen LogP contribution in [0.3, 0.4) is 0 Å². The molecule has 124 valence electrons. The van der Waals surface area contributed by atoms with Gasteiger partial charge < -0.3 is 0 Å². The fourth-order valence-electron chi connectivity index (χ4n) is 2.41. The lowest BCUT2D eigenvalue weighted by Crippen LogP contribution is -2.22. The summed E-state index contributed by atoms with van der Waals surface area (Å²) in [6.07, 6.45) is -9.42.